The molecule has 0 saturated heterocycles. The average Bonchev–Trinajstić information content (AvgIpc) is 2.65. The smallest absolute Gasteiger partial charge is 0.234 e. The molecule has 1 N–H and O–H groups in total. The van der Waals surface area contributed by atoms with Crippen LogP contribution in [0.2, 0.25) is 0 Å². The van der Waals surface area contributed by atoms with Gasteiger partial charge < -0.3 is 5.32 Å². The van der Waals surface area contributed by atoms with E-state index in [4.69, 9.17) is 0 Å². The van der Waals surface area contributed by atoms with Crippen molar-refractivity contribution in [3.05, 3.63) is 78.0 Å². The first-order chi connectivity index (χ1) is 12.6. The predicted octanol–water partition coefficient (Wildman–Crippen LogP) is 5.58. The molecule has 0 saturated carbocycles. The lowest BCUT2D eigenvalue weighted by molar-refractivity contribution is -0.113. The summed E-state index contributed by atoms with van der Waals surface area (Å²) in [5.74, 6) is 0.311. The highest BCUT2D eigenvalue weighted by atomic mass is 32.2. The molecule has 3 nitrogen and oxygen atoms in total. The maximum absolute atomic E-state index is 12.1. The van der Waals surface area contributed by atoms with Crippen molar-refractivity contribution in [1.29, 1.82) is 0 Å². The average molecular weight is 381 g/mol. The zero-order valence-electron chi connectivity index (χ0n) is 14.7. The van der Waals surface area contributed by atoms with Crippen LogP contribution in [0.1, 0.15) is 11.1 Å². The minimum atomic E-state index is -0.0322. The molecule has 26 heavy (non-hydrogen) atoms. The first kappa shape index (κ1) is 18.5. The highest BCUT2D eigenvalue weighted by molar-refractivity contribution is 8.00. The fourth-order valence-electron chi connectivity index (χ4n) is 2.29. The minimum absolute atomic E-state index is 0.0322. The summed E-state index contributed by atoms with van der Waals surface area (Å²) in [6.45, 7) is 4.24. The second kappa shape index (κ2) is 8.92. The van der Waals surface area contributed by atoms with E-state index >= 15 is 0 Å². The van der Waals surface area contributed by atoms with Crippen LogP contribution >= 0.6 is 23.5 Å². The van der Waals surface area contributed by atoms with Crippen molar-refractivity contribution in [2.24, 2.45) is 0 Å². The number of amides is 1. The number of hydrogen-bond acceptors (Lipinski definition) is 4. The molecule has 0 bridgehead atoms. The van der Waals surface area contributed by atoms with Crippen LogP contribution in [0.4, 0.5) is 5.69 Å². The summed E-state index contributed by atoms with van der Waals surface area (Å²) in [6.07, 6.45) is 1.73. The van der Waals surface area contributed by atoms with Crippen molar-refractivity contribution in [3.63, 3.8) is 0 Å². The van der Waals surface area contributed by atoms with Gasteiger partial charge in [-0.2, -0.15) is 0 Å². The standard InChI is InChI=1S/C21H20N2OS2/c1-15-6-9-19(13-16(15)2)26-18-10-7-17(8-11-18)23-20(24)14-25-21-5-3-4-12-22-21/h3-13H,14H2,1-2H3,(H,23,24). The van der Waals surface area contributed by atoms with Crippen molar-refractivity contribution in [2.45, 2.75) is 28.7 Å². The number of aromatic nitrogens is 1. The molecule has 0 unspecified atom stereocenters. The Bertz CT molecular complexity index is 880. The zero-order chi connectivity index (χ0) is 18.4. The molecular formula is C21H20N2OS2. The number of rotatable bonds is 6. The Labute approximate surface area is 162 Å². The molecule has 0 spiro atoms. The van der Waals surface area contributed by atoms with Gasteiger partial charge >= 0.3 is 0 Å². The molecule has 0 radical (unpaired) electrons. The van der Waals surface area contributed by atoms with Gasteiger partial charge in [0, 0.05) is 21.7 Å². The molecule has 0 aliphatic rings. The van der Waals surface area contributed by atoms with Crippen LogP contribution in [0.25, 0.3) is 0 Å². The Morgan fingerprint density at radius 3 is 2.42 bits per heavy atom. The van der Waals surface area contributed by atoms with Crippen LogP contribution in [0, 0.1) is 13.8 Å². The molecule has 1 heterocycles. The van der Waals surface area contributed by atoms with E-state index in [0.717, 1.165) is 15.6 Å². The topological polar surface area (TPSA) is 42.0 Å². The molecule has 0 fully saturated rings. The van der Waals surface area contributed by atoms with E-state index in [-0.39, 0.29) is 5.91 Å². The van der Waals surface area contributed by atoms with E-state index in [1.54, 1.807) is 18.0 Å². The highest BCUT2D eigenvalue weighted by Crippen LogP contribution is 2.29. The van der Waals surface area contributed by atoms with Gasteiger partial charge in [-0.3, -0.25) is 4.79 Å². The lowest BCUT2D eigenvalue weighted by Crippen LogP contribution is -2.13. The van der Waals surface area contributed by atoms with Crippen molar-refractivity contribution in [2.75, 3.05) is 11.1 Å². The number of aryl methyl sites for hydroxylation is 2. The van der Waals surface area contributed by atoms with Crippen LogP contribution in [-0.2, 0) is 4.79 Å². The first-order valence-corrected chi connectivity index (χ1v) is 10.1. The van der Waals surface area contributed by atoms with Crippen LogP contribution in [0.5, 0.6) is 0 Å². The number of nitrogens with one attached hydrogen (secondary N) is 1. The molecule has 2 aromatic carbocycles. The molecule has 0 aliphatic carbocycles. The molecule has 1 amide bonds. The summed E-state index contributed by atoms with van der Waals surface area (Å²) >= 11 is 3.15. The van der Waals surface area contributed by atoms with Gasteiger partial charge in [-0.05, 0) is 73.5 Å². The summed E-state index contributed by atoms with van der Waals surface area (Å²) < 4.78 is 0. The molecule has 132 valence electrons. The number of anilines is 1. The molecule has 0 aliphatic heterocycles. The van der Waals surface area contributed by atoms with E-state index in [9.17, 15) is 4.79 Å². The van der Waals surface area contributed by atoms with E-state index in [2.05, 4.69) is 42.3 Å². The van der Waals surface area contributed by atoms with Crippen LogP contribution in [0.15, 0.2) is 81.7 Å². The molecule has 0 atom stereocenters. The van der Waals surface area contributed by atoms with Crippen LogP contribution in [-0.4, -0.2) is 16.6 Å². The Kier molecular flexibility index (Phi) is 6.36. The number of carbonyl (C=O) groups is 1. The number of carbonyl (C=O) groups excluding carboxylic acids is 1. The number of nitrogens with zero attached hydrogens (tertiary/aromatic N) is 1. The summed E-state index contributed by atoms with van der Waals surface area (Å²) in [6, 6.07) is 20.1. The first-order valence-electron chi connectivity index (χ1n) is 8.29. The third kappa shape index (κ3) is 5.38. The monoisotopic (exact) mass is 380 g/mol. The Hall–Kier alpha value is -2.24. The van der Waals surface area contributed by atoms with Gasteiger partial charge in [-0.1, -0.05) is 35.7 Å². The van der Waals surface area contributed by atoms with Crippen LogP contribution < -0.4 is 5.32 Å². The minimum Gasteiger partial charge on any atom is -0.325 e. The summed E-state index contributed by atoms with van der Waals surface area (Å²) in [5, 5.41) is 3.77. The lowest BCUT2D eigenvalue weighted by Gasteiger charge is -2.08. The summed E-state index contributed by atoms with van der Waals surface area (Å²) in [7, 11) is 0. The maximum atomic E-state index is 12.1. The predicted molar refractivity (Wildman–Crippen MR) is 110 cm³/mol. The normalized spacial score (nSPS) is 10.5. The highest BCUT2D eigenvalue weighted by Gasteiger charge is 2.05. The number of benzene rings is 2. The number of thioether (sulfide) groups is 1. The fourth-order valence-corrected chi connectivity index (χ4v) is 3.87. The van der Waals surface area contributed by atoms with Crippen molar-refractivity contribution >= 4 is 35.1 Å². The third-order valence-electron chi connectivity index (χ3n) is 3.84. The Balaban J connectivity index is 1.53. The summed E-state index contributed by atoms with van der Waals surface area (Å²) in [4.78, 5) is 18.6. The molecule has 3 rings (SSSR count). The van der Waals surface area contributed by atoms with Gasteiger partial charge in [-0.15, -0.1) is 0 Å². The number of pyridine rings is 1. The largest absolute Gasteiger partial charge is 0.325 e. The van der Waals surface area contributed by atoms with Crippen LogP contribution in [0.3, 0.4) is 0 Å². The van der Waals surface area contributed by atoms with Crippen molar-refractivity contribution in [1.82, 2.24) is 4.98 Å². The molecule has 5 heteroatoms. The van der Waals surface area contributed by atoms with Gasteiger partial charge in [0.05, 0.1) is 10.8 Å². The van der Waals surface area contributed by atoms with Gasteiger partial charge in [0.15, 0.2) is 0 Å². The molecule has 3 aromatic rings. The Morgan fingerprint density at radius 2 is 1.73 bits per heavy atom. The van der Waals surface area contributed by atoms with E-state index in [0.29, 0.717) is 5.75 Å². The maximum Gasteiger partial charge on any atom is 0.234 e. The number of hydrogen-bond donors (Lipinski definition) is 1. The Morgan fingerprint density at radius 1 is 0.962 bits per heavy atom. The second-order valence-electron chi connectivity index (χ2n) is 5.88. The van der Waals surface area contributed by atoms with E-state index < -0.39 is 0 Å². The molecular weight excluding hydrogens is 360 g/mol. The SMILES string of the molecule is Cc1ccc(Sc2ccc(NC(=O)CSc3ccccn3)cc2)cc1C. The van der Waals surface area contributed by atoms with Crippen molar-refractivity contribution in [3.8, 4) is 0 Å². The quantitative estimate of drug-likeness (QED) is 0.567. The van der Waals surface area contributed by atoms with Gasteiger partial charge in [-0.25, -0.2) is 4.98 Å². The van der Waals surface area contributed by atoms with Gasteiger partial charge in [0.2, 0.25) is 5.91 Å². The second-order valence-corrected chi connectivity index (χ2v) is 8.02. The van der Waals surface area contributed by atoms with Gasteiger partial charge in [0.1, 0.15) is 0 Å². The third-order valence-corrected chi connectivity index (χ3v) is 5.78. The fraction of sp³-hybridized carbons (Fsp3) is 0.143. The van der Waals surface area contributed by atoms with Gasteiger partial charge in [0.25, 0.3) is 0 Å². The van der Waals surface area contributed by atoms with E-state index in [1.165, 1.54) is 27.8 Å². The molecule has 1 aromatic heterocycles. The zero-order valence-corrected chi connectivity index (χ0v) is 16.4. The van der Waals surface area contributed by atoms with Crippen molar-refractivity contribution < 1.29 is 4.79 Å². The van der Waals surface area contributed by atoms with E-state index in [1.807, 2.05) is 42.5 Å². The summed E-state index contributed by atoms with van der Waals surface area (Å²) in [5.41, 5.74) is 3.40. The lowest BCUT2D eigenvalue weighted by atomic mass is 10.1.